The maximum Gasteiger partial charge on any atom is 0.355 e. The highest BCUT2D eigenvalue weighted by molar-refractivity contribution is 5.99. The minimum Gasteiger partial charge on any atom is -0.465 e. The molecule has 0 radical (unpaired) electrons. The van der Waals surface area contributed by atoms with Crippen LogP contribution in [0, 0.1) is 36.5 Å². The Morgan fingerprint density at radius 2 is 1.65 bits per heavy atom. The first-order chi connectivity index (χ1) is 12.4. The second kappa shape index (κ2) is 9.84. The van der Waals surface area contributed by atoms with Crippen LogP contribution < -0.4 is 0 Å². The van der Waals surface area contributed by atoms with Crippen LogP contribution in [0.25, 0.3) is 0 Å². The fourth-order valence-electron chi connectivity index (χ4n) is 2.38. The van der Waals surface area contributed by atoms with Crippen molar-refractivity contribution in [3.05, 3.63) is 22.5 Å². The minimum atomic E-state index is -0.783. The second-order valence-corrected chi connectivity index (χ2v) is 5.39. The molecule has 0 spiro atoms. The summed E-state index contributed by atoms with van der Waals surface area (Å²) in [6.07, 6.45) is 0.227. The number of aromatic amines is 1. The van der Waals surface area contributed by atoms with Crippen LogP contribution in [0.15, 0.2) is 0 Å². The van der Waals surface area contributed by atoms with E-state index < -0.39 is 24.5 Å². The number of esters is 2. The van der Waals surface area contributed by atoms with Gasteiger partial charge in [0.15, 0.2) is 6.61 Å². The Bertz CT molecular complexity index is 751. The molecule has 9 nitrogen and oxygen atoms in total. The van der Waals surface area contributed by atoms with Crippen molar-refractivity contribution in [1.29, 1.82) is 10.5 Å². The van der Waals surface area contributed by atoms with Crippen molar-refractivity contribution >= 4 is 17.8 Å². The number of H-pyrrole nitrogens is 1. The summed E-state index contributed by atoms with van der Waals surface area (Å²) in [7, 11) is 1.24. The molecule has 0 bridgehead atoms. The molecule has 0 saturated heterocycles. The van der Waals surface area contributed by atoms with Crippen LogP contribution in [0.4, 0.5) is 0 Å². The molecule has 26 heavy (non-hydrogen) atoms. The molecule has 0 aliphatic heterocycles. The van der Waals surface area contributed by atoms with Crippen molar-refractivity contribution in [3.8, 4) is 12.1 Å². The van der Waals surface area contributed by atoms with Crippen LogP contribution in [0.5, 0.6) is 0 Å². The van der Waals surface area contributed by atoms with E-state index in [0.29, 0.717) is 11.3 Å². The van der Waals surface area contributed by atoms with Crippen molar-refractivity contribution < 1.29 is 23.9 Å². The molecule has 0 fully saturated rings. The van der Waals surface area contributed by atoms with Crippen LogP contribution in [-0.4, -0.2) is 54.5 Å². The Labute approximate surface area is 151 Å². The fraction of sp³-hybridized carbons (Fsp3) is 0.471. The number of carbonyl (C=O) groups is 3. The maximum absolute atomic E-state index is 12.2. The van der Waals surface area contributed by atoms with E-state index in [9.17, 15) is 14.4 Å². The Morgan fingerprint density at radius 1 is 1.08 bits per heavy atom. The quantitative estimate of drug-likeness (QED) is 0.688. The first-order valence-electron chi connectivity index (χ1n) is 7.83. The summed E-state index contributed by atoms with van der Waals surface area (Å²) in [6.45, 7) is 2.97. The maximum atomic E-state index is 12.2. The first kappa shape index (κ1) is 20.7. The van der Waals surface area contributed by atoms with Gasteiger partial charge in [-0.15, -0.1) is 0 Å². The lowest BCUT2D eigenvalue weighted by Gasteiger charge is -2.20. The Balaban J connectivity index is 2.79. The minimum absolute atomic E-state index is 0.0660. The Kier molecular flexibility index (Phi) is 7.84. The molecule has 0 unspecified atom stereocenters. The summed E-state index contributed by atoms with van der Waals surface area (Å²) >= 11 is 0. The van der Waals surface area contributed by atoms with E-state index in [1.54, 1.807) is 13.8 Å². The third-order valence-electron chi connectivity index (χ3n) is 3.70. The van der Waals surface area contributed by atoms with Gasteiger partial charge < -0.3 is 19.4 Å². The first-order valence-corrected chi connectivity index (χ1v) is 7.83. The average molecular weight is 360 g/mol. The van der Waals surface area contributed by atoms with E-state index in [0.717, 1.165) is 0 Å². The van der Waals surface area contributed by atoms with Gasteiger partial charge in [-0.1, -0.05) is 0 Å². The number of nitrogens with one attached hydrogen (secondary N) is 1. The number of aryl methyl sites for hydroxylation is 1. The van der Waals surface area contributed by atoms with Crippen molar-refractivity contribution in [2.75, 3.05) is 26.8 Å². The molecule has 1 aromatic rings. The molecule has 138 valence electrons. The van der Waals surface area contributed by atoms with Gasteiger partial charge in [-0.3, -0.25) is 4.79 Å². The Morgan fingerprint density at radius 3 is 2.15 bits per heavy atom. The SMILES string of the molecule is COC(=O)c1c(C)[nH]c(C(=O)OCC(=O)N(CCC#N)CCC#N)c1C. The fourth-order valence-corrected chi connectivity index (χ4v) is 2.38. The zero-order valence-electron chi connectivity index (χ0n) is 14.9. The largest absolute Gasteiger partial charge is 0.465 e. The van der Waals surface area contributed by atoms with Crippen LogP contribution >= 0.6 is 0 Å². The van der Waals surface area contributed by atoms with Crippen LogP contribution in [0.1, 0.15) is 44.9 Å². The van der Waals surface area contributed by atoms with Crippen molar-refractivity contribution in [1.82, 2.24) is 9.88 Å². The number of nitrogens with zero attached hydrogens (tertiary/aromatic N) is 3. The smallest absolute Gasteiger partial charge is 0.355 e. The predicted octanol–water partition coefficient (Wildman–Crippen LogP) is 1.23. The molecule has 0 aromatic carbocycles. The summed E-state index contributed by atoms with van der Waals surface area (Å²) in [5.41, 5.74) is 1.14. The summed E-state index contributed by atoms with van der Waals surface area (Å²) in [5.74, 6) is -1.86. The average Bonchev–Trinajstić information content (AvgIpc) is 2.93. The predicted molar refractivity (Wildman–Crippen MR) is 88.9 cm³/mol. The van der Waals surface area contributed by atoms with E-state index in [1.165, 1.54) is 12.0 Å². The van der Waals surface area contributed by atoms with Crippen LogP contribution in [-0.2, 0) is 14.3 Å². The number of amides is 1. The molecule has 1 aromatic heterocycles. The van der Waals surface area contributed by atoms with E-state index in [-0.39, 0.29) is 37.2 Å². The lowest BCUT2D eigenvalue weighted by molar-refractivity contribution is -0.134. The number of hydrogen-bond donors (Lipinski definition) is 1. The molecule has 0 saturated carbocycles. The molecule has 0 aliphatic carbocycles. The number of ether oxygens (including phenoxy) is 2. The van der Waals surface area contributed by atoms with Crippen molar-refractivity contribution in [3.63, 3.8) is 0 Å². The zero-order chi connectivity index (χ0) is 19.7. The van der Waals surface area contributed by atoms with Gasteiger partial charge in [0.2, 0.25) is 0 Å². The third kappa shape index (κ3) is 5.08. The molecular formula is C17H20N4O5. The highest BCUT2D eigenvalue weighted by Crippen LogP contribution is 2.19. The molecule has 0 aliphatic rings. The van der Waals surface area contributed by atoms with E-state index in [1.807, 2.05) is 12.1 Å². The molecular weight excluding hydrogens is 340 g/mol. The number of methoxy groups -OCH3 is 1. The highest BCUT2D eigenvalue weighted by Gasteiger charge is 2.24. The Hall–Kier alpha value is -3.33. The second-order valence-electron chi connectivity index (χ2n) is 5.39. The van der Waals surface area contributed by atoms with Crippen molar-refractivity contribution in [2.45, 2.75) is 26.7 Å². The van der Waals surface area contributed by atoms with Crippen LogP contribution in [0.2, 0.25) is 0 Å². The standard InChI is InChI=1S/C17H20N4O5/c1-11-14(16(23)25-3)12(2)20-15(11)17(24)26-10-13(22)21(8-4-6-18)9-5-7-19/h20H,4-5,8-10H2,1-3H3. The summed E-state index contributed by atoms with van der Waals surface area (Å²) in [6, 6.07) is 3.84. The van der Waals surface area contributed by atoms with Gasteiger partial charge >= 0.3 is 11.9 Å². The molecule has 1 rings (SSSR count). The number of rotatable bonds is 8. The van der Waals surface area contributed by atoms with E-state index in [2.05, 4.69) is 9.72 Å². The van der Waals surface area contributed by atoms with E-state index >= 15 is 0 Å². The van der Waals surface area contributed by atoms with Gasteiger partial charge in [0.25, 0.3) is 5.91 Å². The van der Waals surface area contributed by atoms with Crippen LogP contribution in [0.3, 0.4) is 0 Å². The molecule has 1 N–H and O–H groups in total. The normalized spacial score (nSPS) is 9.73. The highest BCUT2D eigenvalue weighted by atomic mass is 16.5. The van der Waals surface area contributed by atoms with Gasteiger partial charge in [-0.05, 0) is 19.4 Å². The number of nitriles is 2. The van der Waals surface area contributed by atoms with Gasteiger partial charge in [-0.2, -0.15) is 10.5 Å². The van der Waals surface area contributed by atoms with Gasteiger partial charge in [0.05, 0.1) is 37.7 Å². The van der Waals surface area contributed by atoms with Crippen molar-refractivity contribution in [2.24, 2.45) is 0 Å². The summed E-state index contributed by atoms with van der Waals surface area (Å²) in [5, 5.41) is 17.3. The number of aromatic nitrogens is 1. The molecule has 9 heteroatoms. The molecule has 0 atom stereocenters. The molecule has 1 heterocycles. The zero-order valence-corrected chi connectivity index (χ0v) is 14.9. The van der Waals surface area contributed by atoms with Gasteiger partial charge in [-0.25, -0.2) is 9.59 Å². The topological polar surface area (TPSA) is 136 Å². The lowest BCUT2D eigenvalue weighted by atomic mass is 10.1. The third-order valence-corrected chi connectivity index (χ3v) is 3.70. The number of carbonyl (C=O) groups excluding carboxylic acids is 3. The summed E-state index contributed by atoms with van der Waals surface area (Å²) in [4.78, 5) is 40.2. The monoisotopic (exact) mass is 360 g/mol. The van der Waals surface area contributed by atoms with Gasteiger partial charge in [0, 0.05) is 18.8 Å². The molecule has 1 amide bonds. The van der Waals surface area contributed by atoms with Gasteiger partial charge in [0.1, 0.15) is 5.69 Å². The van der Waals surface area contributed by atoms with E-state index in [4.69, 9.17) is 15.3 Å². The summed E-state index contributed by atoms with van der Waals surface area (Å²) < 4.78 is 9.69. The number of hydrogen-bond acceptors (Lipinski definition) is 7. The lowest BCUT2D eigenvalue weighted by Crippen LogP contribution is -2.36.